The lowest BCUT2D eigenvalue weighted by Gasteiger charge is -2.23. The molecule has 0 bridgehead atoms. The van der Waals surface area contributed by atoms with Crippen LogP contribution in [0.2, 0.25) is 5.02 Å². The average molecular weight is 462 g/mol. The van der Waals surface area contributed by atoms with Gasteiger partial charge >= 0.3 is 12.1 Å². The Bertz CT molecular complexity index is 968. The summed E-state index contributed by atoms with van der Waals surface area (Å²) in [7, 11) is 1.42. The Morgan fingerprint density at radius 1 is 1.22 bits per heavy atom. The Kier molecular flexibility index (Phi) is 8.04. The summed E-state index contributed by atoms with van der Waals surface area (Å²) in [5.74, 6) is -2.35. The van der Waals surface area contributed by atoms with E-state index in [4.69, 9.17) is 16.3 Å². The highest BCUT2D eigenvalue weighted by Gasteiger charge is 2.31. The van der Waals surface area contributed by atoms with E-state index in [9.17, 15) is 19.5 Å². The van der Waals surface area contributed by atoms with Crippen molar-refractivity contribution in [2.75, 3.05) is 13.7 Å². The van der Waals surface area contributed by atoms with Gasteiger partial charge in [-0.1, -0.05) is 48.0 Å². The molecule has 1 unspecified atom stereocenters. The summed E-state index contributed by atoms with van der Waals surface area (Å²) in [5, 5.41) is 15.2. The number of rotatable bonds is 10. The molecule has 0 saturated carbocycles. The molecule has 1 saturated heterocycles. The van der Waals surface area contributed by atoms with E-state index in [0.717, 1.165) is 16.7 Å². The Morgan fingerprint density at radius 3 is 2.56 bits per heavy atom. The number of halogens is 1. The molecule has 3 atom stereocenters. The topological polar surface area (TPSA) is 126 Å². The van der Waals surface area contributed by atoms with Crippen LogP contribution in [0.15, 0.2) is 48.5 Å². The largest absolute Gasteiger partial charge is 0.481 e. The molecule has 2 aromatic carbocycles. The summed E-state index contributed by atoms with van der Waals surface area (Å²) in [6.45, 7) is 0.0108. The summed E-state index contributed by atoms with van der Waals surface area (Å²) < 4.78 is 5.02. The van der Waals surface area contributed by atoms with Crippen molar-refractivity contribution in [2.45, 2.75) is 25.0 Å². The number of aliphatic carboxylic acids is 1. The fourth-order valence-electron chi connectivity index (χ4n) is 3.46. The van der Waals surface area contributed by atoms with Gasteiger partial charge in [0.05, 0.1) is 12.5 Å². The molecular weight excluding hydrogens is 438 g/mol. The van der Waals surface area contributed by atoms with Crippen molar-refractivity contribution < 1.29 is 29.1 Å². The first-order chi connectivity index (χ1) is 15.4. The molecule has 2 amide bonds. The standard InChI is InChI=1S/C22H24ClN3O6/c1-31-12-16(21(28)29)11-18(24-20(27)19-25-22(30)32-26-19)9-13-5-7-14(8-6-13)15-3-2-4-17(23)10-15/h2-8,10,16,18-19,26H,9,11-12H2,1H3,(H,24,27)(H,25,30)(H,28,29)/t16-,18+,19?/m0/s1. The van der Waals surface area contributed by atoms with Crippen molar-refractivity contribution in [3.8, 4) is 11.1 Å². The SMILES string of the molecule is COC[C@H](C[C@@H](Cc1ccc(-c2cccc(Cl)c2)cc1)NC(=O)C1NOC(=O)N1)C(=O)O. The van der Waals surface area contributed by atoms with Gasteiger partial charge in [0.25, 0.3) is 5.91 Å². The number of carboxylic acids is 1. The second kappa shape index (κ2) is 10.9. The Morgan fingerprint density at radius 2 is 1.97 bits per heavy atom. The van der Waals surface area contributed by atoms with Crippen molar-refractivity contribution >= 4 is 29.6 Å². The van der Waals surface area contributed by atoms with Crippen LogP contribution in [0.25, 0.3) is 11.1 Å². The van der Waals surface area contributed by atoms with Crippen LogP contribution in [0.4, 0.5) is 4.79 Å². The minimum Gasteiger partial charge on any atom is -0.481 e. The van der Waals surface area contributed by atoms with Gasteiger partial charge in [-0.15, -0.1) is 5.48 Å². The van der Waals surface area contributed by atoms with Gasteiger partial charge in [0.15, 0.2) is 6.17 Å². The zero-order chi connectivity index (χ0) is 23.1. The van der Waals surface area contributed by atoms with Crippen LogP contribution < -0.4 is 16.1 Å². The van der Waals surface area contributed by atoms with E-state index in [1.807, 2.05) is 42.5 Å². The highest BCUT2D eigenvalue weighted by Crippen LogP contribution is 2.24. The van der Waals surface area contributed by atoms with Crippen LogP contribution in [0.5, 0.6) is 0 Å². The van der Waals surface area contributed by atoms with Gasteiger partial charge in [0.1, 0.15) is 0 Å². The highest BCUT2D eigenvalue weighted by molar-refractivity contribution is 6.30. The summed E-state index contributed by atoms with van der Waals surface area (Å²) in [6.07, 6.45) is -1.29. The number of hydroxylamine groups is 1. The molecule has 0 aromatic heterocycles. The first-order valence-corrected chi connectivity index (χ1v) is 10.3. The number of ether oxygens (including phenoxy) is 1. The summed E-state index contributed by atoms with van der Waals surface area (Å²) in [5.41, 5.74) is 5.14. The number of carbonyl (C=O) groups is 3. The van der Waals surface area contributed by atoms with Crippen molar-refractivity contribution in [1.82, 2.24) is 16.1 Å². The maximum Gasteiger partial charge on any atom is 0.427 e. The third-order valence-electron chi connectivity index (χ3n) is 5.02. The smallest absolute Gasteiger partial charge is 0.427 e. The summed E-state index contributed by atoms with van der Waals surface area (Å²) >= 11 is 6.07. The van der Waals surface area contributed by atoms with Crippen molar-refractivity contribution in [2.24, 2.45) is 5.92 Å². The van der Waals surface area contributed by atoms with Gasteiger partial charge in [-0.3, -0.25) is 14.9 Å². The number of carbonyl (C=O) groups excluding carboxylic acids is 2. The number of hydrogen-bond donors (Lipinski definition) is 4. The minimum atomic E-state index is -1.05. The van der Waals surface area contributed by atoms with Gasteiger partial charge < -0.3 is 20.0 Å². The molecule has 2 aromatic rings. The normalized spacial score (nSPS) is 17.2. The quantitative estimate of drug-likeness (QED) is 0.428. The van der Waals surface area contributed by atoms with Crippen molar-refractivity contribution in [1.29, 1.82) is 0 Å². The number of nitrogens with one attached hydrogen (secondary N) is 3. The van der Waals surface area contributed by atoms with Crippen LogP contribution in [-0.2, 0) is 25.6 Å². The molecule has 1 heterocycles. The first-order valence-electron chi connectivity index (χ1n) is 9.95. The minimum absolute atomic E-state index is 0.0108. The van der Waals surface area contributed by atoms with E-state index in [0.29, 0.717) is 11.4 Å². The molecule has 32 heavy (non-hydrogen) atoms. The zero-order valence-electron chi connectivity index (χ0n) is 17.3. The molecule has 0 radical (unpaired) electrons. The molecule has 1 fully saturated rings. The molecule has 0 spiro atoms. The van der Waals surface area contributed by atoms with Gasteiger partial charge in [0, 0.05) is 18.2 Å². The molecule has 1 aliphatic rings. The van der Waals surface area contributed by atoms with Gasteiger partial charge in [0.2, 0.25) is 0 Å². The number of amides is 2. The van der Waals surface area contributed by atoms with Gasteiger partial charge in [-0.05, 0) is 41.7 Å². The Hall–Kier alpha value is -3.14. The molecule has 0 aliphatic carbocycles. The molecule has 170 valence electrons. The number of benzene rings is 2. The average Bonchev–Trinajstić information content (AvgIpc) is 3.20. The van der Waals surface area contributed by atoms with E-state index >= 15 is 0 Å². The highest BCUT2D eigenvalue weighted by atomic mass is 35.5. The van der Waals surface area contributed by atoms with Crippen LogP contribution in [0, 0.1) is 5.92 Å². The first kappa shape index (κ1) is 23.5. The van der Waals surface area contributed by atoms with E-state index in [1.165, 1.54) is 7.11 Å². The molecular formula is C22H24ClN3O6. The van der Waals surface area contributed by atoms with Gasteiger partial charge in [-0.25, -0.2) is 4.79 Å². The second-order valence-electron chi connectivity index (χ2n) is 7.43. The number of methoxy groups -OCH3 is 1. The lowest BCUT2D eigenvalue weighted by atomic mass is 9.94. The monoisotopic (exact) mass is 461 g/mol. The molecule has 10 heteroatoms. The maximum atomic E-state index is 12.5. The number of hydrogen-bond acceptors (Lipinski definition) is 6. The molecule has 9 nitrogen and oxygen atoms in total. The van der Waals surface area contributed by atoms with Crippen LogP contribution in [-0.4, -0.2) is 49.0 Å². The lowest BCUT2D eigenvalue weighted by Crippen LogP contribution is -2.51. The zero-order valence-corrected chi connectivity index (χ0v) is 18.1. The summed E-state index contributed by atoms with van der Waals surface area (Å²) in [4.78, 5) is 39.8. The van der Waals surface area contributed by atoms with Crippen LogP contribution in [0.1, 0.15) is 12.0 Å². The molecule has 1 aliphatic heterocycles. The lowest BCUT2D eigenvalue weighted by molar-refractivity contribution is -0.144. The fraction of sp³-hybridized carbons (Fsp3) is 0.318. The van der Waals surface area contributed by atoms with Crippen LogP contribution in [0.3, 0.4) is 0 Å². The van der Waals surface area contributed by atoms with E-state index in [2.05, 4.69) is 21.0 Å². The Balaban J connectivity index is 1.73. The summed E-state index contributed by atoms with van der Waals surface area (Å²) in [6, 6.07) is 14.7. The number of carboxylic acid groups (broad SMARTS) is 1. The predicted octanol–water partition coefficient (Wildman–Crippen LogP) is 2.34. The third-order valence-corrected chi connectivity index (χ3v) is 5.26. The third kappa shape index (κ3) is 6.43. The van der Waals surface area contributed by atoms with Crippen LogP contribution >= 0.6 is 11.6 Å². The van der Waals surface area contributed by atoms with E-state index in [-0.39, 0.29) is 13.0 Å². The van der Waals surface area contributed by atoms with Crippen molar-refractivity contribution in [3.63, 3.8) is 0 Å². The fourth-order valence-corrected chi connectivity index (χ4v) is 3.65. The Labute approximate surface area is 190 Å². The maximum absolute atomic E-state index is 12.5. The molecule has 4 N–H and O–H groups in total. The van der Waals surface area contributed by atoms with E-state index < -0.39 is 36.1 Å². The second-order valence-corrected chi connectivity index (χ2v) is 7.86. The van der Waals surface area contributed by atoms with E-state index in [1.54, 1.807) is 6.07 Å². The van der Waals surface area contributed by atoms with Crippen molar-refractivity contribution in [3.05, 3.63) is 59.1 Å². The van der Waals surface area contributed by atoms with Gasteiger partial charge in [-0.2, -0.15) is 0 Å². The molecule has 3 rings (SSSR count). The predicted molar refractivity (Wildman–Crippen MR) is 117 cm³/mol.